The van der Waals surface area contributed by atoms with Gasteiger partial charge in [0.15, 0.2) is 0 Å². The van der Waals surface area contributed by atoms with Gasteiger partial charge in [0.2, 0.25) is 0 Å². The van der Waals surface area contributed by atoms with Gasteiger partial charge in [0.25, 0.3) is 0 Å². The molecule has 0 saturated heterocycles. The van der Waals surface area contributed by atoms with Crippen LogP contribution in [0.5, 0.6) is 0 Å². The molecule has 0 spiro atoms. The van der Waals surface area contributed by atoms with Crippen LogP contribution >= 0.6 is 13.4 Å². The Morgan fingerprint density at radius 3 is 1.93 bits per heavy atom. The number of imidazole rings is 1. The number of pyridine rings is 2. The van der Waals surface area contributed by atoms with Crippen molar-refractivity contribution in [2.75, 3.05) is 0 Å². The maximum atomic E-state index is 5.74. The van der Waals surface area contributed by atoms with Crippen molar-refractivity contribution in [2.24, 2.45) is 0 Å². The molecule has 1 unspecified atom stereocenters. The van der Waals surface area contributed by atoms with Crippen LogP contribution in [-0.2, 0) is 0 Å². The summed E-state index contributed by atoms with van der Waals surface area (Å²) in [4.78, 5) is 10.8. The first kappa shape index (κ1) is 33.6. The fraction of sp³-hybridized carbons (Fsp3) is 0. The number of rotatable bonds is 6. The summed E-state index contributed by atoms with van der Waals surface area (Å²) in [6, 6.07) is 70.8. The van der Waals surface area contributed by atoms with Gasteiger partial charge < -0.3 is 0 Å². The van der Waals surface area contributed by atoms with Gasteiger partial charge in [-0.2, -0.15) is 0 Å². The zero-order valence-electron chi connectivity index (χ0n) is 30.2. The number of hydrogen-bond donors (Lipinski definition) is 0. The predicted molar refractivity (Wildman–Crippen MR) is 244 cm³/mol. The summed E-state index contributed by atoms with van der Waals surface area (Å²) in [6.07, 6.45) is 2.09. The molecular formula is C50H33N3P2Se. The van der Waals surface area contributed by atoms with E-state index >= 15 is 0 Å². The Bertz CT molecular complexity index is 3240. The van der Waals surface area contributed by atoms with Gasteiger partial charge in [0, 0.05) is 0 Å². The van der Waals surface area contributed by atoms with Crippen molar-refractivity contribution in [1.82, 2.24) is 14.4 Å². The molecule has 1 atom stereocenters. The average molecular weight is 817 g/mol. The van der Waals surface area contributed by atoms with Crippen LogP contribution in [0.3, 0.4) is 0 Å². The van der Waals surface area contributed by atoms with Gasteiger partial charge in [0.05, 0.1) is 0 Å². The third-order valence-electron chi connectivity index (χ3n) is 11.0. The van der Waals surface area contributed by atoms with E-state index in [2.05, 4.69) is 220 Å². The predicted octanol–water partition coefficient (Wildman–Crippen LogP) is 9.63. The standard InChI is InChI=1S/C50H33N3P2Se/c56-55(40-28-26-34-14-7-8-15-35(34)30-40,41-31-36-16-9-11-22-45(36)51-33-41)48-25-13-24-47-49(48)52-50-44-32-39(27-29-42(44)43-21-10-12-23-46(43)53(47)50)54(37-17-3-1-4-18-37)38-19-5-2-6-20-38/h1-33H. The Morgan fingerprint density at radius 1 is 0.464 bits per heavy atom. The molecule has 11 aromatic rings. The summed E-state index contributed by atoms with van der Waals surface area (Å²) < 4.78 is 2.40. The topological polar surface area (TPSA) is 30.2 Å². The molecule has 0 bridgehead atoms. The number of fused-ring (bicyclic) bond motifs is 10. The minimum atomic E-state index is -2.42. The molecule has 0 aliphatic carbocycles. The number of nitrogens with zero attached hydrogens (tertiary/aromatic N) is 3. The molecule has 0 aliphatic rings. The van der Waals surface area contributed by atoms with Crippen LogP contribution in [0.1, 0.15) is 0 Å². The van der Waals surface area contributed by atoms with Gasteiger partial charge in [0.1, 0.15) is 0 Å². The van der Waals surface area contributed by atoms with E-state index in [0.717, 1.165) is 38.5 Å². The van der Waals surface area contributed by atoms with Crippen molar-refractivity contribution in [3.63, 3.8) is 0 Å². The van der Waals surface area contributed by atoms with E-state index in [1.54, 1.807) is 0 Å². The van der Waals surface area contributed by atoms with Crippen molar-refractivity contribution >= 4 is 120 Å². The van der Waals surface area contributed by atoms with Gasteiger partial charge in [-0.3, -0.25) is 0 Å². The third kappa shape index (κ3) is 5.33. The van der Waals surface area contributed by atoms with Crippen molar-refractivity contribution in [1.29, 1.82) is 0 Å². The van der Waals surface area contributed by atoms with E-state index in [4.69, 9.17) is 9.97 Å². The summed E-state index contributed by atoms with van der Waals surface area (Å²) in [6.45, 7) is 0. The van der Waals surface area contributed by atoms with Crippen LogP contribution in [-0.4, -0.2) is 29.5 Å². The Labute approximate surface area is 333 Å². The molecular weight excluding hydrogens is 783 g/mol. The van der Waals surface area contributed by atoms with Gasteiger partial charge in [-0.25, -0.2) is 0 Å². The second kappa shape index (κ2) is 13.5. The number of benzene rings is 8. The Balaban J connectivity index is 1.23. The molecule has 3 heterocycles. The molecule has 0 radical (unpaired) electrons. The third-order valence-corrected chi connectivity index (χ3v) is 20.3. The summed E-state index contributed by atoms with van der Waals surface area (Å²) in [5.74, 6) is 0. The molecule has 3 nitrogen and oxygen atoms in total. The fourth-order valence-electron chi connectivity index (χ4n) is 8.38. The quantitative estimate of drug-likeness (QED) is 0.0952. The Morgan fingerprint density at radius 2 is 1.12 bits per heavy atom. The van der Waals surface area contributed by atoms with Crippen LogP contribution in [0.2, 0.25) is 0 Å². The summed E-state index contributed by atoms with van der Waals surface area (Å²) in [5, 5.41) is 14.8. The molecule has 0 N–H and O–H groups in total. The second-order valence-corrected chi connectivity index (χ2v) is 22.6. The molecule has 3 aromatic heterocycles. The Hall–Kier alpha value is -5.72. The average Bonchev–Trinajstić information content (AvgIpc) is 3.67. The molecule has 0 aliphatic heterocycles. The fourth-order valence-corrected chi connectivity index (χ4v) is 15.7. The van der Waals surface area contributed by atoms with E-state index in [-0.39, 0.29) is 0 Å². The first-order chi connectivity index (χ1) is 27.6. The number of hydrogen-bond acceptors (Lipinski definition) is 2. The van der Waals surface area contributed by atoms with E-state index < -0.39 is 13.4 Å². The van der Waals surface area contributed by atoms with Crippen molar-refractivity contribution in [3.05, 3.63) is 200 Å². The monoisotopic (exact) mass is 817 g/mol. The first-order valence-corrected chi connectivity index (χ1v) is 24.1. The van der Waals surface area contributed by atoms with Gasteiger partial charge in [-0.05, 0) is 0 Å². The SMILES string of the molecule is [Se]=P(c1ccc2ccccc2c1)(c1cnc2ccccc2c1)c1cccc2c1nc1c3cc(P(c4ccccc4)c4ccccc4)ccc3c3ccccc3n21. The van der Waals surface area contributed by atoms with Gasteiger partial charge in [-0.1, -0.05) is 12.1 Å². The van der Waals surface area contributed by atoms with Crippen LogP contribution in [0.4, 0.5) is 0 Å². The zero-order chi connectivity index (χ0) is 37.2. The maximum absolute atomic E-state index is 5.74. The van der Waals surface area contributed by atoms with Crippen LogP contribution in [0.25, 0.3) is 60.0 Å². The summed E-state index contributed by atoms with van der Waals surface area (Å²) in [7, 11) is -0.800. The number of para-hydroxylation sites is 3. The van der Waals surface area contributed by atoms with Gasteiger partial charge >= 0.3 is 323 Å². The first-order valence-electron chi connectivity index (χ1n) is 18.8. The van der Waals surface area contributed by atoms with Crippen LogP contribution in [0, 0.1) is 0 Å². The van der Waals surface area contributed by atoms with Crippen molar-refractivity contribution in [3.8, 4) is 0 Å². The molecule has 11 rings (SSSR count). The molecule has 264 valence electrons. The van der Waals surface area contributed by atoms with E-state index in [1.807, 2.05) is 0 Å². The second-order valence-electron chi connectivity index (χ2n) is 14.2. The van der Waals surface area contributed by atoms with Crippen LogP contribution < -0.4 is 31.8 Å². The summed E-state index contributed by atoms with van der Waals surface area (Å²) >= 11 is 3.86. The van der Waals surface area contributed by atoms with E-state index in [0.29, 0.717) is 0 Å². The molecule has 8 aromatic carbocycles. The zero-order valence-corrected chi connectivity index (χ0v) is 33.7. The molecule has 0 fully saturated rings. The van der Waals surface area contributed by atoms with Crippen molar-refractivity contribution in [2.45, 2.75) is 0 Å². The molecule has 0 amide bonds. The van der Waals surface area contributed by atoms with E-state index in [1.165, 1.54) is 53.4 Å². The molecule has 0 saturated carbocycles. The van der Waals surface area contributed by atoms with Gasteiger partial charge in [-0.15, -0.1) is 0 Å². The molecule has 56 heavy (non-hydrogen) atoms. The van der Waals surface area contributed by atoms with Crippen LogP contribution in [0.15, 0.2) is 200 Å². The number of aromatic nitrogens is 3. The summed E-state index contributed by atoms with van der Waals surface area (Å²) in [5.41, 5.74) is 2.81. The molecule has 6 heteroatoms. The minimum absolute atomic E-state index is 0.800. The Kier molecular flexibility index (Phi) is 8.09. The normalized spacial score (nSPS) is 13.0. The van der Waals surface area contributed by atoms with E-state index in [9.17, 15) is 0 Å². The van der Waals surface area contributed by atoms with Crippen molar-refractivity contribution < 1.29 is 0 Å².